The normalized spacial score (nSPS) is 11.9. The Morgan fingerprint density at radius 2 is 1.24 bits per heavy atom. The van der Waals surface area contributed by atoms with Gasteiger partial charge in [-0.05, 0) is 64.4 Å². The third-order valence-electron chi connectivity index (χ3n) is 7.42. The van der Waals surface area contributed by atoms with Gasteiger partial charge in [-0.3, -0.25) is 0 Å². The predicted octanol–water partition coefficient (Wildman–Crippen LogP) is 10.7. The van der Waals surface area contributed by atoms with Gasteiger partial charge in [0.2, 0.25) is 0 Å². The van der Waals surface area contributed by atoms with Crippen LogP contribution in [0.4, 0.5) is 0 Å². The van der Waals surface area contributed by atoms with Gasteiger partial charge >= 0.3 is 0 Å². The van der Waals surface area contributed by atoms with Crippen molar-refractivity contribution < 1.29 is 0 Å². The highest BCUT2D eigenvalue weighted by molar-refractivity contribution is 9.10. The molecule has 37 heavy (non-hydrogen) atoms. The van der Waals surface area contributed by atoms with Crippen LogP contribution >= 0.6 is 27.3 Å². The van der Waals surface area contributed by atoms with Crippen LogP contribution in [0.15, 0.2) is 126 Å². The molecule has 0 aliphatic heterocycles. The standard InChI is InChI=1S/C34H20BrNS/c35-23-16-18-30-28(20-23)32-26-14-8-7-13-25(26)31-27-19-22(21-9-3-1-4-10-21)15-17-29(27)36(33(31)34(32)37-30)24-11-5-2-6-12-24/h1-20H. The van der Waals surface area contributed by atoms with Crippen molar-refractivity contribution in [1.29, 1.82) is 0 Å². The molecule has 0 radical (unpaired) electrons. The lowest BCUT2D eigenvalue weighted by Crippen LogP contribution is -1.93. The number of rotatable bonds is 2. The van der Waals surface area contributed by atoms with E-state index in [0.29, 0.717) is 0 Å². The number of para-hydroxylation sites is 1. The predicted molar refractivity (Wildman–Crippen MR) is 164 cm³/mol. The van der Waals surface area contributed by atoms with E-state index in [1.54, 1.807) is 0 Å². The summed E-state index contributed by atoms with van der Waals surface area (Å²) < 4.78 is 6.23. The molecule has 0 aliphatic rings. The molecule has 0 atom stereocenters. The molecule has 0 spiro atoms. The van der Waals surface area contributed by atoms with Gasteiger partial charge < -0.3 is 4.57 Å². The minimum atomic E-state index is 1.11. The summed E-state index contributed by atoms with van der Waals surface area (Å²) in [5.41, 5.74) is 6.19. The van der Waals surface area contributed by atoms with Crippen molar-refractivity contribution in [2.24, 2.45) is 0 Å². The Balaban J connectivity index is 1.66. The fourth-order valence-electron chi connectivity index (χ4n) is 5.86. The maximum atomic E-state index is 3.73. The summed E-state index contributed by atoms with van der Waals surface area (Å²) in [6.07, 6.45) is 0. The van der Waals surface area contributed by atoms with Gasteiger partial charge in [-0.1, -0.05) is 94.8 Å². The first-order valence-electron chi connectivity index (χ1n) is 12.4. The average molecular weight is 555 g/mol. The lowest BCUT2D eigenvalue weighted by Gasteiger charge is -2.10. The molecule has 6 aromatic carbocycles. The maximum Gasteiger partial charge on any atom is 0.0726 e. The monoisotopic (exact) mass is 553 g/mol. The van der Waals surface area contributed by atoms with E-state index < -0.39 is 0 Å². The Morgan fingerprint density at radius 1 is 0.541 bits per heavy atom. The Labute approximate surface area is 226 Å². The molecule has 1 nitrogen and oxygen atoms in total. The first kappa shape index (κ1) is 21.2. The zero-order valence-electron chi connectivity index (χ0n) is 19.8. The van der Waals surface area contributed by atoms with Crippen LogP contribution in [0.5, 0.6) is 0 Å². The van der Waals surface area contributed by atoms with Crippen LogP contribution in [0.2, 0.25) is 0 Å². The van der Waals surface area contributed by atoms with Crippen molar-refractivity contribution in [1.82, 2.24) is 4.57 Å². The summed E-state index contributed by atoms with van der Waals surface area (Å²) in [7, 11) is 0. The van der Waals surface area contributed by atoms with E-state index in [2.05, 4.69) is 142 Å². The molecule has 0 saturated carbocycles. The molecule has 0 aliphatic carbocycles. The number of benzene rings is 6. The summed E-state index contributed by atoms with van der Waals surface area (Å²) in [5, 5.41) is 7.87. The number of thiophene rings is 1. The number of hydrogen-bond acceptors (Lipinski definition) is 1. The highest BCUT2D eigenvalue weighted by Crippen LogP contribution is 2.48. The highest BCUT2D eigenvalue weighted by atomic mass is 79.9. The molecule has 8 rings (SSSR count). The molecule has 8 aromatic rings. The summed E-state index contributed by atoms with van der Waals surface area (Å²) in [6.45, 7) is 0. The summed E-state index contributed by atoms with van der Waals surface area (Å²) >= 11 is 5.62. The van der Waals surface area contributed by atoms with Crippen molar-refractivity contribution >= 4 is 80.0 Å². The second kappa shape index (κ2) is 8.04. The van der Waals surface area contributed by atoms with Crippen LogP contribution in [0, 0.1) is 0 Å². The Hall–Kier alpha value is -3.92. The largest absolute Gasteiger partial charge is 0.308 e. The van der Waals surface area contributed by atoms with E-state index in [1.807, 2.05) is 11.3 Å². The van der Waals surface area contributed by atoms with Gasteiger partial charge in [0.05, 0.1) is 15.7 Å². The SMILES string of the molecule is Brc1ccc2sc3c(c2c1)c1ccccc1c1c2cc(-c4ccccc4)ccc2n(-c2ccccc2)c31. The summed E-state index contributed by atoms with van der Waals surface area (Å²) in [4.78, 5) is 0. The molecule has 2 aromatic heterocycles. The molecule has 0 N–H and O–H groups in total. The summed E-state index contributed by atoms with van der Waals surface area (Å²) in [5.74, 6) is 0. The van der Waals surface area contributed by atoms with Gasteiger partial charge in [-0.2, -0.15) is 0 Å². The average Bonchev–Trinajstić information content (AvgIpc) is 3.50. The third kappa shape index (κ3) is 3.08. The molecule has 0 unspecified atom stereocenters. The third-order valence-corrected chi connectivity index (χ3v) is 9.09. The van der Waals surface area contributed by atoms with Crippen molar-refractivity contribution in [3.05, 3.63) is 126 Å². The number of halogens is 1. The van der Waals surface area contributed by atoms with Crippen LogP contribution in [-0.4, -0.2) is 4.57 Å². The van der Waals surface area contributed by atoms with Crippen molar-refractivity contribution in [3.8, 4) is 16.8 Å². The lowest BCUT2D eigenvalue weighted by atomic mass is 9.97. The quantitative estimate of drug-likeness (QED) is 0.200. The minimum Gasteiger partial charge on any atom is -0.308 e. The molecule has 0 amide bonds. The molecule has 3 heteroatoms. The smallest absolute Gasteiger partial charge is 0.0726 e. The topological polar surface area (TPSA) is 4.93 Å². The number of nitrogens with zero attached hydrogens (tertiary/aromatic N) is 1. The van der Waals surface area contributed by atoms with Crippen molar-refractivity contribution in [3.63, 3.8) is 0 Å². The lowest BCUT2D eigenvalue weighted by molar-refractivity contribution is 1.19. The fraction of sp³-hybridized carbons (Fsp3) is 0. The van der Waals surface area contributed by atoms with E-state index >= 15 is 0 Å². The highest BCUT2D eigenvalue weighted by Gasteiger charge is 2.22. The second-order valence-electron chi connectivity index (χ2n) is 9.48. The van der Waals surface area contributed by atoms with Crippen LogP contribution in [0.1, 0.15) is 0 Å². The van der Waals surface area contributed by atoms with E-state index in [1.165, 1.54) is 69.6 Å². The number of aromatic nitrogens is 1. The van der Waals surface area contributed by atoms with Crippen LogP contribution in [-0.2, 0) is 0 Å². The van der Waals surface area contributed by atoms with Gasteiger partial charge in [0, 0.05) is 36.4 Å². The zero-order valence-corrected chi connectivity index (χ0v) is 22.2. The molecular weight excluding hydrogens is 534 g/mol. The minimum absolute atomic E-state index is 1.11. The van der Waals surface area contributed by atoms with Crippen LogP contribution < -0.4 is 0 Å². The molecular formula is C34H20BrNS. The maximum absolute atomic E-state index is 3.73. The Bertz CT molecular complexity index is 2140. The Kier molecular flexibility index (Phi) is 4.61. The van der Waals surface area contributed by atoms with Crippen molar-refractivity contribution in [2.45, 2.75) is 0 Å². The van der Waals surface area contributed by atoms with Crippen LogP contribution in [0.3, 0.4) is 0 Å². The fourth-order valence-corrected chi connectivity index (χ4v) is 7.46. The Morgan fingerprint density at radius 3 is 2.03 bits per heavy atom. The van der Waals surface area contributed by atoms with Gasteiger partial charge in [0.15, 0.2) is 0 Å². The van der Waals surface area contributed by atoms with E-state index in [-0.39, 0.29) is 0 Å². The molecule has 2 heterocycles. The molecule has 174 valence electrons. The van der Waals surface area contributed by atoms with E-state index in [4.69, 9.17) is 0 Å². The second-order valence-corrected chi connectivity index (χ2v) is 11.5. The molecule has 0 bridgehead atoms. The molecule has 0 saturated heterocycles. The van der Waals surface area contributed by atoms with Gasteiger partial charge in [-0.25, -0.2) is 0 Å². The van der Waals surface area contributed by atoms with Gasteiger partial charge in [0.1, 0.15) is 0 Å². The number of fused-ring (bicyclic) bond motifs is 10. The van der Waals surface area contributed by atoms with Gasteiger partial charge in [-0.15, -0.1) is 11.3 Å². The van der Waals surface area contributed by atoms with Crippen LogP contribution in [0.25, 0.3) is 69.6 Å². The first-order chi connectivity index (χ1) is 18.3. The van der Waals surface area contributed by atoms with E-state index in [9.17, 15) is 0 Å². The zero-order chi connectivity index (χ0) is 24.5. The first-order valence-corrected chi connectivity index (χ1v) is 14.0. The number of hydrogen-bond donors (Lipinski definition) is 0. The van der Waals surface area contributed by atoms with Gasteiger partial charge in [0.25, 0.3) is 0 Å². The van der Waals surface area contributed by atoms with Crippen molar-refractivity contribution in [2.75, 3.05) is 0 Å². The summed E-state index contributed by atoms with van der Waals surface area (Å²) in [6, 6.07) is 44.0. The molecule has 0 fully saturated rings. The van der Waals surface area contributed by atoms with E-state index in [0.717, 1.165) is 4.47 Å².